The molecule has 1 radical (unpaired) electrons. The Balaban J connectivity index is 2.21. The van der Waals surface area contributed by atoms with Crippen LogP contribution in [0.3, 0.4) is 0 Å². The average molecular weight is 201 g/mol. The van der Waals surface area contributed by atoms with Crippen molar-refractivity contribution in [1.82, 2.24) is 9.55 Å². The molecule has 1 aromatic carbocycles. The Morgan fingerprint density at radius 3 is 3.00 bits per heavy atom. The lowest BCUT2D eigenvalue weighted by molar-refractivity contribution is 0.414. The number of methoxy groups -OCH3 is 1. The van der Waals surface area contributed by atoms with E-state index in [1.807, 2.05) is 31.3 Å². The smallest absolute Gasteiger partial charge is 0.119 e. The second-order valence-electron chi connectivity index (χ2n) is 3.40. The summed E-state index contributed by atoms with van der Waals surface area (Å²) in [4.78, 5) is 4.06. The third kappa shape index (κ3) is 2.18. The van der Waals surface area contributed by atoms with E-state index in [1.165, 1.54) is 5.56 Å². The standard InChI is InChI=1S/C12H13N2O/c1-10-13-6-7-14(10)9-11-4-3-5-12(8-11)15-2/h3-5,7-8H,9H2,1-2H3. The van der Waals surface area contributed by atoms with Gasteiger partial charge in [0.2, 0.25) is 0 Å². The highest BCUT2D eigenvalue weighted by Gasteiger charge is 2.00. The summed E-state index contributed by atoms with van der Waals surface area (Å²) in [5, 5.41) is 0. The van der Waals surface area contributed by atoms with Gasteiger partial charge in [-0.2, -0.15) is 0 Å². The van der Waals surface area contributed by atoms with E-state index < -0.39 is 0 Å². The monoisotopic (exact) mass is 201 g/mol. The van der Waals surface area contributed by atoms with Gasteiger partial charge in [-0.3, -0.25) is 0 Å². The van der Waals surface area contributed by atoms with Gasteiger partial charge in [0.1, 0.15) is 17.8 Å². The molecular weight excluding hydrogens is 188 g/mol. The quantitative estimate of drug-likeness (QED) is 0.760. The Morgan fingerprint density at radius 2 is 2.33 bits per heavy atom. The molecule has 3 nitrogen and oxygen atoms in total. The Morgan fingerprint density at radius 1 is 1.47 bits per heavy atom. The molecule has 0 amide bonds. The highest BCUT2D eigenvalue weighted by atomic mass is 16.5. The first-order valence-corrected chi connectivity index (χ1v) is 4.82. The van der Waals surface area contributed by atoms with Crippen molar-refractivity contribution in [2.75, 3.05) is 7.11 Å². The molecule has 0 aliphatic rings. The van der Waals surface area contributed by atoms with Crippen LogP contribution < -0.4 is 4.74 Å². The molecule has 3 heteroatoms. The highest BCUT2D eigenvalue weighted by Crippen LogP contribution is 2.13. The van der Waals surface area contributed by atoms with Crippen molar-refractivity contribution in [3.63, 3.8) is 0 Å². The number of aryl methyl sites for hydroxylation is 1. The van der Waals surface area contributed by atoms with E-state index in [0.717, 1.165) is 18.1 Å². The molecule has 0 fully saturated rings. The molecule has 0 saturated carbocycles. The zero-order chi connectivity index (χ0) is 10.7. The van der Waals surface area contributed by atoms with Crippen molar-refractivity contribution in [2.45, 2.75) is 13.5 Å². The molecule has 0 aliphatic carbocycles. The van der Waals surface area contributed by atoms with Crippen LogP contribution in [0, 0.1) is 13.1 Å². The summed E-state index contributed by atoms with van der Waals surface area (Å²) in [7, 11) is 1.68. The molecule has 0 spiro atoms. The summed E-state index contributed by atoms with van der Waals surface area (Å²) >= 11 is 0. The Kier molecular flexibility index (Phi) is 2.72. The minimum Gasteiger partial charge on any atom is -0.497 e. The minimum absolute atomic E-state index is 0.805. The number of aromatic nitrogens is 2. The van der Waals surface area contributed by atoms with E-state index in [0.29, 0.717) is 0 Å². The molecular formula is C12H13N2O. The van der Waals surface area contributed by atoms with Crippen molar-refractivity contribution >= 4 is 0 Å². The fourth-order valence-electron chi connectivity index (χ4n) is 1.48. The summed E-state index contributed by atoms with van der Waals surface area (Å²) in [6, 6.07) is 8.03. The lowest BCUT2D eigenvalue weighted by atomic mass is 10.2. The molecule has 0 N–H and O–H groups in total. The predicted octanol–water partition coefficient (Wildman–Crippen LogP) is 2.05. The van der Waals surface area contributed by atoms with Crippen molar-refractivity contribution in [3.8, 4) is 5.75 Å². The summed E-state index contributed by atoms with van der Waals surface area (Å²) in [6.45, 7) is 2.77. The average Bonchev–Trinajstić information content (AvgIpc) is 2.65. The number of hydrogen-bond acceptors (Lipinski definition) is 2. The number of benzene rings is 1. The molecule has 0 unspecified atom stereocenters. The second-order valence-corrected chi connectivity index (χ2v) is 3.40. The van der Waals surface area contributed by atoms with Crippen LogP contribution in [0.2, 0.25) is 0 Å². The van der Waals surface area contributed by atoms with Crippen LogP contribution in [-0.4, -0.2) is 16.7 Å². The number of rotatable bonds is 3. The van der Waals surface area contributed by atoms with E-state index in [4.69, 9.17) is 4.74 Å². The Labute approximate surface area is 89.3 Å². The Bertz CT molecular complexity index is 448. The highest BCUT2D eigenvalue weighted by molar-refractivity contribution is 5.28. The molecule has 15 heavy (non-hydrogen) atoms. The lowest BCUT2D eigenvalue weighted by Gasteiger charge is -2.06. The van der Waals surface area contributed by atoms with Gasteiger partial charge in [0.05, 0.1) is 7.11 Å². The molecule has 0 bridgehead atoms. The SMILES string of the molecule is COc1cccc(Cn2c[c]nc2C)c1. The first-order valence-electron chi connectivity index (χ1n) is 4.82. The molecule has 1 heterocycles. The molecule has 0 atom stereocenters. The van der Waals surface area contributed by atoms with Crippen molar-refractivity contribution in [3.05, 3.63) is 48.0 Å². The fraction of sp³-hybridized carbons (Fsp3) is 0.250. The Hall–Kier alpha value is -1.77. The van der Waals surface area contributed by atoms with Crippen LogP contribution in [0.5, 0.6) is 5.75 Å². The van der Waals surface area contributed by atoms with Gasteiger partial charge in [0.15, 0.2) is 0 Å². The third-order valence-corrected chi connectivity index (χ3v) is 2.34. The third-order valence-electron chi connectivity index (χ3n) is 2.34. The number of ether oxygens (including phenoxy) is 1. The summed E-state index contributed by atoms with van der Waals surface area (Å²) in [6.07, 6.45) is 4.68. The summed E-state index contributed by atoms with van der Waals surface area (Å²) < 4.78 is 7.22. The van der Waals surface area contributed by atoms with Crippen LogP contribution in [-0.2, 0) is 6.54 Å². The predicted molar refractivity (Wildman–Crippen MR) is 57.9 cm³/mol. The van der Waals surface area contributed by atoms with E-state index in [2.05, 4.69) is 21.8 Å². The maximum atomic E-state index is 5.17. The molecule has 1 aromatic heterocycles. The lowest BCUT2D eigenvalue weighted by Crippen LogP contribution is -2.00. The van der Waals surface area contributed by atoms with Crippen LogP contribution in [0.25, 0.3) is 0 Å². The molecule has 2 rings (SSSR count). The molecule has 0 saturated heterocycles. The van der Waals surface area contributed by atoms with Gasteiger partial charge < -0.3 is 9.30 Å². The number of nitrogens with zero attached hydrogens (tertiary/aromatic N) is 2. The van der Waals surface area contributed by atoms with Crippen LogP contribution in [0.4, 0.5) is 0 Å². The maximum absolute atomic E-state index is 5.17. The molecule has 77 valence electrons. The van der Waals surface area contributed by atoms with Crippen LogP contribution in [0.1, 0.15) is 11.4 Å². The van der Waals surface area contributed by atoms with E-state index in [-0.39, 0.29) is 0 Å². The van der Waals surface area contributed by atoms with Crippen molar-refractivity contribution in [2.24, 2.45) is 0 Å². The normalized spacial score (nSPS) is 10.3. The first-order chi connectivity index (χ1) is 7.29. The fourth-order valence-corrected chi connectivity index (χ4v) is 1.48. The first kappa shape index (κ1) is 9.77. The zero-order valence-corrected chi connectivity index (χ0v) is 8.90. The van der Waals surface area contributed by atoms with Gasteiger partial charge in [-0.15, -0.1) is 0 Å². The van der Waals surface area contributed by atoms with Gasteiger partial charge in [-0.1, -0.05) is 12.1 Å². The summed E-state index contributed by atoms with van der Waals surface area (Å²) in [5.41, 5.74) is 1.20. The van der Waals surface area contributed by atoms with E-state index in [1.54, 1.807) is 7.11 Å². The van der Waals surface area contributed by atoms with Gasteiger partial charge >= 0.3 is 0 Å². The van der Waals surface area contributed by atoms with E-state index >= 15 is 0 Å². The minimum atomic E-state index is 0.805. The van der Waals surface area contributed by atoms with E-state index in [9.17, 15) is 0 Å². The van der Waals surface area contributed by atoms with Crippen LogP contribution in [0.15, 0.2) is 30.5 Å². The zero-order valence-electron chi connectivity index (χ0n) is 8.90. The summed E-state index contributed by atoms with van der Waals surface area (Å²) in [5.74, 6) is 1.85. The number of hydrogen-bond donors (Lipinski definition) is 0. The van der Waals surface area contributed by atoms with Gasteiger partial charge in [0, 0.05) is 12.7 Å². The van der Waals surface area contributed by atoms with Gasteiger partial charge in [-0.05, 0) is 24.6 Å². The molecule has 0 aliphatic heterocycles. The van der Waals surface area contributed by atoms with Crippen molar-refractivity contribution in [1.29, 1.82) is 0 Å². The number of imidazole rings is 1. The molecule has 2 aromatic rings. The second kappa shape index (κ2) is 4.17. The maximum Gasteiger partial charge on any atom is 0.119 e. The van der Waals surface area contributed by atoms with Gasteiger partial charge in [-0.25, -0.2) is 4.98 Å². The topological polar surface area (TPSA) is 27.1 Å². The van der Waals surface area contributed by atoms with Crippen LogP contribution >= 0.6 is 0 Å². The largest absolute Gasteiger partial charge is 0.497 e. The van der Waals surface area contributed by atoms with Gasteiger partial charge in [0.25, 0.3) is 0 Å². The van der Waals surface area contributed by atoms with Crippen molar-refractivity contribution < 1.29 is 4.74 Å².